The standard InChI is InChI=1S/C15H18ClN3O2/c1-3-19(4-2)14(20)10-9-13-17-15(18-21-13)11-5-7-12(16)8-6-11/h5-8H,3-4,9-10H2,1-2H3. The molecule has 0 saturated heterocycles. The van der Waals surface area contributed by atoms with Gasteiger partial charge in [-0.3, -0.25) is 4.79 Å². The summed E-state index contributed by atoms with van der Waals surface area (Å²) in [6, 6.07) is 7.21. The molecule has 0 saturated carbocycles. The number of halogens is 1. The summed E-state index contributed by atoms with van der Waals surface area (Å²) in [4.78, 5) is 18.0. The molecule has 0 aliphatic rings. The number of nitrogens with zero attached hydrogens (tertiary/aromatic N) is 3. The summed E-state index contributed by atoms with van der Waals surface area (Å²) in [5, 5.41) is 4.58. The smallest absolute Gasteiger partial charge is 0.227 e. The lowest BCUT2D eigenvalue weighted by atomic mass is 10.2. The normalized spacial score (nSPS) is 10.6. The topological polar surface area (TPSA) is 59.2 Å². The van der Waals surface area contributed by atoms with Gasteiger partial charge in [0, 0.05) is 36.5 Å². The van der Waals surface area contributed by atoms with E-state index in [4.69, 9.17) is 16.1 Å². The molecule has 6 heteroatoms. The maximum atomic E-state index is 11.9. The van der Waals surface area contributed by atoms with E-state index in [1.807, 2.05) is 26.0 Å². The van der Waals surface area contributed by atoms with E-state index in [-0.39, 0.29) is 5.91 Å². The highest BCUT2D eigenvalue weighted by molar-refractivity contribution is 6.30. The molecular formula is C15H18ClN3O2. The number of hydrogen-bond acceptors (Lipinski definition) is 4. The molecule has 0 N–H and O–H groups in total. The lowest BCUT2D eigenvalue weighted by Crippen LogP contribution is -2.30. The molecule has 0 fully saturated rings. The number of aryl methyl sites for hydroxylation is 1. The predicted octanol–water partition coefficient (Wildman–Crippen LogP) is 3.19. The third-order valence-corrected chi connectivity index (χ3v) is 3.49. The van der Waals surface area contributed by atoms with Crippen molar-refractivity contribution in [2.24, 2.45) is 0 Å². The fourth-order valence-corrected chi connectivity index (χ4v) is 2.15. The molecule has 2 aromatic rings. The van der Waals surface area contributed by atoms with Crippen LogP contribution in [0.3, 0.4) is 0 Å². The summed E-state index contributed by atoms with van der Waals surface area (Å²) in [7, 11) is 0. The fraction of sp³-hybridized carbons (Fsp3) is 0.400. The van der Waals surface area contributed by atoms with Gasteiger partial charge < -0.3 is 9.42 Å². The van der Waals surface area contributed by atoms with Crippen molar-refractivity contribution in [3.05, 3.63) is 35.2 Å². The number of benzene rings is 1. The van der Waals surface area contributed by atoms with Crippen molar-refractivity contribution >= 4 is 17.5 Å². The zero-order valence-corrected chi connectivity index (χ0v) is 12.9. The van der Waals surface area contributed by atoms with Crippen LogP contribution in [0, 0.1) is 0 Å². The van der Waals surface area contributed by atoms with Crippen LogP contribution in [0.1, 0.15) is 26.2 Å². The van der Waals surface area contributed by atoms with Gasteiger partial charge in [0.1, 0.15) is 0 Å². The minimum Gasteiger partial charge on any atom is -0.343 e. The predicted molar refractivity (Wildman–Crippen MR) is 81.0 cm³/mol. The molecule has 1 amide bonds. The van der Waals surface area contributed by atoms with E-state index in [0.717, 1.165) is 18.7 Å². The summed E-state index contributed by atoms with van der Waals surface area (Å²) >= 11 is 5.84. The Balaban J connectivity index is 1.97. The summed E-state index contributed by atoms with van der Waals surface area (Å²) in [6.07, 6.45) is 0.833. The molecule has 2 rings (SSSR count). The molecule has 0 spiro atoms. The van der Waals surface area contributed by atoms with Crippen molar-refractivity contribution in [3.63, 3.8) is 0 Å². The van der Waals surface area contributed by atoms with Crippen molar-refractivity contribution < 1.29 is 9.32 Å². The minimum atomic E-state index is 0.103. The van der Waals surface area contributed by atoms with E-state index in [9.17, 15) is 4.79 Å². The lowest BCUT2D eigenvalue weighted by molar-refractivity contribution is -0.130. The maximum Gasteiger partial charge on any atom is 0.227 e. The Bertz CT molecular complexity index is 591. The van der Waals surface area contributed by atoms with Crippen LogP contribution in [0.4, 0.5) is 0 Å². The molecule has 5 nitrogen and oxygen atoms in total. The van der Waals surface area contributed by atoms with E-state index in [2.05, 4.69) is 10.1 Å². The maximum absolute atomic E-state index is 11.9. The molecule has 0 unspecified atom stereocenters. The lowest BCUT2D eigenvalue weighted by Gasteiger charge is -2.17. The molecular weight excluding hydrogens is 290 g/mol. The highest BCUT2D eigenvalue weighted by atomic mass is 35.5. The van der Waals surface area contributed by atoms with Crippen molar-refractivity contribution in [3.8, 4) is 11.4 Å². The Kier molecular flexibility index (Phi) is 5.33. The van der Waals surface area contributed by atoms with Gasteiger partial charge in [-0.25, -0.2) is 0 Å². The van der Waals surface area contributed by atoms with E-state index >= 15 is 0 Å². The van der Waals surface area contributed by atoms with Gasteiger partial charge in [-0.15, -0.1) is 0 Å². The number of carbonyl (C=O) groups is 1. The van der Waals surface area contributed by atoms with Crippen LogP contribution in [0.25, 0.3) is 11.4 Å². The second-order valence-corrected chi connectivity index (χ2v) is 5.02. The van der Waals surface area contributed by atoms with E-state index in [1.165, 1.54) is 0 Å². The van der Waals surface area contributed by atoms with E-state index < -0.39 is 0 Å². The van der Waals surface area contributed by atoms with Gasteiger partial charge in [0.25, 0.3) is 0 Å². The molecule has 1 heterocycles. The first kappa shape index (κ1) is 15.5. The van der Waals surface area contributed by atoms with Crippen LogP contribution in [0.15, 0.2) is 28.8 Å². The summed E-state index contributed by atoms with van der Waals surface area (Å²) in [5.41, 5.74) is 0.837. The average molecular weight is 308 g/mol. The van der Waals surface area contributed by atoms with Crippen LogP contribution in [0.2, 0.25) is 5.02 Å². The second-order valence-electron chi connectivity index (χ2n) is 4.58. The molecule has 0 atom stereocenters. The van der Waals surface area contributed by atoms with Gasteiger partial charge in [0.2, 0.25) is 17.6 Å². The number of amides is 1. The number of carbonyl (C=O) groups excluding carboxylic acids is 1. The Hall–Kier alpha value is -1.88. The average Bonchev–Trinajstić information content (AvgIpc) is 2.96. The van der Waals surface area contributed by atoms with Crippen LogP contribution < -0.4 is 0 Å². The van der Waals surface area contributed by atoms with Crippen LogP contribution >= 0.6 is 11.6 Å². The Morgan fingerprint density at radius 2 is 1.90 bits per heavy atom. The van der Waals surface area contributed by atoms with Crippen LogP contribution in [-0.2, 0) is 11.2 Å². The molecule has 112 valence electrons. The van der Waals surface area contributed by atoms with Gasteiger partial charge in [-0.1, -0.05) is 16.8 Å². The third-order valence-electron chi connectivity index (χ3n) is 3.24. The zero-order valence-electron chi connectivity index (χ0n) is 12.2. The fourth-order valence-electron chi connectivity index (χ4n) is 2.02. The molecule has 0 aliphatic carbocycles. The van der Waals surface area contributed by atoms with Gasteiger partial charge in [-0.05, 0) is 38.1 Å². The SMILES string of the molecule is CCN(CC)C(=O)CCc1nc(-c2ccc(Cl)cc2)no1. The highest BCUT2D eigenvalue weighted by Crippen LogP contribution is 2.19. The third kappa shape index (κ3) is 4.04. The Labute approximate surface area is 128 Å². The first-order valence-electron chi connectivity index (χ1n) is 7.00. The highest BCUT2D eigenvalue weighted by Gasteiger charge is 2.13. The van der Waals surface area contributed by atoms with E-state index in [1.54, 1.807) is 17.0 Å². The second kappa shape index (κ2) is 7.22. The molecule has 21 heavy (non-hydrogen) atoms. The number of hydrogen-bond donors (Lipinski definition) is 0. The first-order chi connectivity index (χ1) is 10.1. The van der Waals surface area contributed by atoms with E-state index in [0.29, 0.717) is 29.6 Å². The van der Waals surface area contributed by atoms with Gasteiger partial charge in [-0.2, -0.15) is 4.98 Å². The van der Waals surface area contributed by atoms with Crippen molar-refractivity contribution in [2.75, 3.05) is 13.1 Å². The molecule has 1 aromatic carbocycles. The molecule has 0 radical (unpaired) electrons. The van der Waals surface area contributed by atoms with Gasteiger partial charge >= 0.3 is 0 Å². The number of aromatic nitrogens is 2. The largest absolute Gasteiger partial charge is 0.343 e. The summed E-state index contributed by atoms with van der Waals surface area (Å²) < 4.78 is 5.18. The summed E-state index contributed by atoms with van der Waals surface area (Å²) in [6.45, 7) is 5.36. The van der Waals surface area contributed by atoms with Crippen molar-refractivity contribution in [1.29, 1.82) is 0 Å². The number of rotatable bonds is 6. The Morgan fingerprint density at radius 3 is 2.52 bits per heavy atom. The van der Waals surface area contributed by atoms with Crippen LogP contribution in [-0.4, -0.2) is 34.0 Å². The zero-order chi connectivity index (χ0) is 15.2. The van der Waals surface area contributed by atoms with Gasteiger partial charge in [0.05, 0.1) is 0 Å². The Morgan fingerprint density at radius 1 is 1.24 bits per heavy atom. The van der Waals surface area contributed by atoms with Crippen molar-refractivity contribution in [2.45, 2.75) is 26.7 Å². The summed E-state index contributed by atoms with van der Waals surface area (Å²) in [5.74, 6) is 1.09. The first-order valence-corrected chi connectivity index (χ1v) is 7.38. The molecule has 0 bridgehead atoms. The molecule has 0 aliphatic heterocycles. The van der Waals surface area contributed by atoms with Gasteiger partial charge in [0.15, 0.2) is 0 Å². The quantitative estimate of drug-likeness (QED) is 0.822. The minimum absolute atomic E-state index is 0.103. The molecule has 1 aromatic heterocycles. The van der Waals surface area contributed by atoms with Crippen LogP contribution in [0.5, 0.6) is 0 Å². The van der Waals surface area contributed by atoms with Crippen molar-refractivity contribution in [1.82, 2.24) is 15.0 Å². The monoisotopic (exact) mass is 307 g/mol.